The molecule has 0 unspecified atom stereocenters. The van der Waals surface area contributed by atoms with Crippen LogP contribution >= 0.6 is 11.6 Å². The summed E-state index contributed by atoms with van der Waals surface area (Å²) in [6, 6.07) is 4.34. The smallest absolute Gasteiger partial charge is 0.185 e. The maximum atomic E-state index is 13.6. The lowest BCUT2D eigenvalue weighted by atomic mass is 10.2. The number of nitrogens with two attached hydrogens (primary N) is 1. The number of benzene rings is 1. The fraction of sp³-hybridized carbons (Fsp3) is 0.222. The first kappa shape index (κ1) is 11.0. The van der Waals surface area contributed by atoms with Gasteiger partial charge in [-0.1, -0.05) is 11.6 Å². The molecule has 84 valence electrons. The van der Waals surface area contributed by atoms with Crippen molar-refractivity contribution in [3.8, 4) is 11.4 Å². The van der Waals surface area contributed by atoms with Gasteiger partial charge in [0.25, 0.3) is 0 Å². The molecule has 1 aromatic carbocycles. The van der Waals surface area contributed by atoms with Crippen LogP contribution in [0.15, 0.2) is 18.2 Å². The molecular weight excluding hydrogens is 233 g/mol. The van der Waals surface area contributed by atoms with E-state index < -0.39 is 5.82 Å². The highest BCUT2D eigenvalue weighted by Crippen LogP contribution is 2.22. The van der Waals surface area contributed by atoms with Gasteiger partial charge in [-0.05, 0) is 28.6 Å². The van der Waals surface area contributed by atoms with E-state index in [1.807, 2.05) is 0 Å². The Balaban J connectivity index is 2.46. The van der Waals surface area contributed by atoms with Gasteiger partial charge in [-0.3, -0.25) is 0 Å². The zero-order valence-electron chi connectivity index (χ0n) is 8.27. The summed E-state index contributed by atoms with van der Waals surface area (Å²) in [7, 11) is 0. The molecule has 0 aliphatic rings. The van der Waals surface area contributed by atoms with Gasteiger partial charge in [0, 0.05) is 11.6 Å². The van der Waals surface area contributed by atoms with Crippen LogP contribution in [0.4, 0.5) is 4.39 Å². The van der Waals surface area contributed by atoms with Crippen molar-refractivity contribution in [2.24, 2.45) is 5.73 Å². The van der Waals surface area contributed by atoms with E-state index in [-0.39, 0.29) is 0 Å². The highest BCUT2D eigenvalue weighted by atomic mass is 35.5. The molecule has 0 radical (unpaired) electrons. The first-order valence-electron chi connectivity index (χ1n) is 4.64. The van der Waals surface area contributed by atoms with Crippen molar-refractivity contribution >= 4 is 11.6 Å². The first-order valence-corrected chi connectivity index (χ1v) is 5.02. The van der Waals surface area contributed by atoms with Gasteiger partial charge in [0.15, 0.2) is 5.82 Å². The molecule has 0 amide bonds. The Labute approximate surface area is 96.0 Å². The molecule has 2 rings (SSSR count). The molecule has 0 spiro atoms. The van der Waals surface area contributed by atoms with E-state index in [0.29, 0.717) is 29.5 Å². The Kier molecular flexibility index (Phi) is 3.12. The van der Waals surface area contributed by atoms with Crippen LogP contribution in [0.1, 0.15) is 0 Å². The van der Waals surface area contributed by atoms with Crippen LogP contribution < -0.4 is 5.73 Å². The molecule has 0 aliphatic carbocycles. The number of rotatable bonds is 3. The second-order valence-corrected chi connectivity index (χ2v) is 3.57. The van der Waals surface area contributed by atoms with Crippen LogP contribution in [-0.4, -0.2) is 26.8 Å². The molecule has 2 N–H and O–H groups in total. The average Bonchev–Trinajstić information content (AvgIpc) is 2.67. The fourth-order valence-electron chi connectivity index (χ4n) is 1.34. The number of aromatic nitrogens is 4. The number of hydrogen-bond donors (Lipinski definition) is 1. The Morgan fingerprint density at radius 1 is 1.44 bits per heavy atom. The molecule has 2 aromatic rings. The van der Waals surface area contributed by atoms with E-state index in [1.165, 1.54) is 16.8 Å². The molecule has 1 aromatic heterocycles. The van der Waals surface area contributed by atoms with Crippen molar-refractivity contribution in [2.75, 3.05) is 6.54 Å². The fourth-order valence-corrected chi connectivity index (χ4v) is 1.50. The normalized spacial score (nSPS) is 10.7. The Hall–Kier alpha value is -1.53. The van der Waals surface area contributed by atoms with E-state index in [0.717, 1.165) is 0 Å². The minimum atomic E-state index is -0.458. The van der Waals surface area contributed by atoms with Gasteiger partial charge in [-0.2, -0.15) is 0 Å². The molecule has 0 fully saturated rings. The van der Waals surface area contributed by atoms with Gasteiger partial charge in [-0.25, -0.2) is 9.07 Å². The van der Waals surface area contributed by atoms with Crippen molar-refractivity contribution in [3.05, 3.63) is 29.0 Å². The van der Waals surface area contributed by atoms with Crippen LogP contribution in [0.5, 0.6) is 0 Å². The summed E-state index contributed by atoms with van der Waals surface area (Å²) in [5.74, 6) is -0.111. The van der Waals surface area contributed by atoms with E-state index in [1.54, 1.807) is 6.07 Å². The lowest BCUT2D eigenvalue weighted by Gasteiger charge is -2.03. The standard InChI is InChI=1S/C9H9ClFN5/c10-6-1-2-7(8(11)5-6)9-13-14-15-16(9)4-3-12/h1-2,5H,3-4,12H2. The predicted molar refractivity (Wildman–Crippen MR) is 57.3 cm³/mol. The molecule has 16 heavy (non-hydrogen) atoms. The van der Waals surface area contributed by atoms with Crippen LogP contribution in [0, 0.1) is 5.82 Å². The summed E-state index contributed by atoms with van der Waals surface area (Å²) in [6.45, 7) is 0.817. The molecule has 7 heteroatoms. The van der Waals surface area contributed by atoms with E-state index >= 15 is 0 Å². The molecule has 1 heterocycles. The third kappa shape index (κ3) is 2.02. The van der Waals surface area contributed by atoms with Crippen LogP contribution in [0.25, 0.3) is 11.4 Å². The SMILES string of the molecule is NCCn1nnnc1-c1ccc(Cl)cc1F. The van der Waals surface area contributed by atoms with Gasteiger partial charge in [0.1, 0.15) is 5.82 Å². The van der Waals surface area contributed by atoms with Crippen molar-refractivity contribution in [2.45, 2.75) is 6.54 Å². The molecule has 5 nitrogen and oxygen atoms in total. The summed E-state index contributed by atoms with van der Waals surface area (Å²) >= 11 is 5.66. The van der Waals surface area contributed by atoms with E-state index in [9.17, 15) is 4.39 Å². The highest BCUT2D eigenvalue weighted by Gasteiger charge is 2.13. The van der Waals surface area contributed by atoms with Gasteiger partial charge in [0.2, 0.25) is 0 Å². The summed E-state index contributed by atoms with van der Waals surface area (Å²) in [5, 5.41) is 11.3. The Bertz CT molecular complexity index is 498. The predicted octanol–water partition coefficient (Wildman–Crippen LogP) is 1.09. The zero-order chi connectivity index (χ0) is 11.5. The molecule has 0 aliphatic heterocycles. The molecule has 0 bridgehead atoms. The number of hydrogen-bond acceptors (Lipinski definition) is 4. The number of nitrogens with zero attached hydrogens (tertiary/aromatic N) is 4. The van der Waals surface area contributed by atoms with Crippen LogP contribution in [0.2, 0.25) is 5.02 Å². The average molecular weight is 242 g/mol. The van der Waals surface area contributed by atoms with Crippen LogP contribution in [0.3, 0.4) is 0 Å². The Morgan fingerprint density at radius 2 is 2.25 bits per heavy atom. The maximum Gasteiger partial charge on any atom is 0.185 e. The maximum absolute atomic E-state index is 13.6. The van der Waals surface area contributed by atoms with Crippen molar-refractivity contribution in [1.29, 1.82) is 0 Å². The largest absolute Gasteiger partial charge is 0.329 e. The monoisotopic (exact) mass is 241 g/mol. The van der Waals surface area contributed by atoms with Gasteiger partial charge >= 0.3 is 0 Å². The van der Waals surface area contributed by atoms with Gasteiger partial charge in [-0.15, -0.1) is 5.10 Å². The van der Waals surface area contributed by atoms with Crippen molar-refractivity contribution in [3.63, 3.8) is 0 Å². The molecule has 0 saturated carbocycles. The molecule has 0 atom stereocenters. The zero-order valence-corrected chi connectivity index (χ0v) is 9.02. The summed E-state index contributed by atoms with van der Waals surface area (Å²) < 4.78 is 15.1. The lowest BCUT2D eigenvalue weighted by molar-refractivity contribution is 0.594. The van der Waals surface area contributed by atoms with Crippen molar-refractivity contribution < 1.29 is 4.39 Å². The van der Waals surface area contributed by atoms with E-state index in [2.05, 4.69) is 15.5 Å². The summed E-state index contributed by atoms with van der Waals surface area (Å²) in [6.07, 6.45) is 0. The highest BCUT2D eigenvalue weighted by molar-refractivity contribution is 6.30. The Morgan fingerprint density at radius 3 is 2.94 bits per heavy atom. The molecular formula is C9H9ClFN5. The van der Waals surface area contributed by atoms with Gasteiger partial charge in [0.05, 0.1) is 12.1 Å². The van der Waals surface area contributed by atoms with Crippen LogP contribution in [-0.2, 0) is 6.54 Å². The summed E-state index contributed by atoms with van der Waals surface area (Å²) in [5.41, 5.74) is 5.71. The second-order valence-electron chi connectivity index (χ2n) is 3.14. The third-order valence-corrected chi connectivity index (χ3v) is 2.28. The number of halogens is 2. The minimum absolute atomic E-state index is 0.308. The topological polar surface area (TPSA) is 69.6 Å². The second kappa shape index (κ2) is 4.54. The first-order chi connectivity index (χ1) is 7.72. The summed E-state index contributed by atoms with van der Waals surface area (Å²) in [4.78, 5) is 0. The quantitative estimate of drug-likeness (QED) is 0.873. The lowest BCUT2D eigenvalue weighted by Crippen LogP contribution is -2.12. The van der Waals surface area contributed by atoms with Gasteiger partial charge < -0.3 is 5.73 Å². The third-order valence-electron chi connectivity index (χ3n) is 2.04. The molecule has 0 saturated heterocycles. The minimum Gasteiger partial charge on any atom is -0.329 e. The van der Waals surface area contributed by atoms with Crippen molar-refractivity contribution in [1.82, 2.24) is 20.2 Å². The number of tetrazole rings is 1. The van der Waals surface area contributed by atoms with E-state index in [4.69, 9.17) is 17.3 Å².